The van der Waals surface area contributed by atoms with Crippen molar-refractivity contribution in [2.24, 2.45) is 0 Å². The number of phenolic OH excluding ortho intramolecular Hbond substituents is 1. The molecule has 32 heavy (non-hydrogen) atoms. The van der Waals surface area contributed by atoms with Gasteiger partial charge < -0.3 is 19.5 Å². The number of carbonyl (C=O) groups excluding carboxylic acids is 1. The number of carbonyl (C=O) groups is 1. The lowest BCUT2D eigenvalue weighted by molar-refractivity contribution is 0.0723. The average Bonchev–Trinajstić information content (AvgIpc) is 3.34. The Morgan fingerprint density at radius 1 is 1.09 bits per heavy atom. The summed E-state index contributed by atoms with van der Waals surface area (Å²) < 4.78 is 11.0. The van der Waals surface area contributed by atoms with Gasteiger partial charge in [-0.1, -0.05) is 37.6 Å². The molecule has 0 radical (unpaired) electrons. The molecule has 168 valence electrons. The van der Waals surface area contributed by atoms with Gasteiger partial charge in [0.15, 0.2) is 0 Å². The number of hydrogen-bond donors (Lipinski definition) is 2. The van der Waals surface area contributed by atoms with E-state index in [1.165, 1.54) is 0 Å². The molecule has 1 aliphatic rings. The third-order valence-corrected chi connectivity index (χ3v) is 5.73. The molecule has 1 atom stereocenters. The summed E-state index contributed by atoms with van der Waals surface area (Å²) in [5.41, 5.74) is 3.41. The van der Waals surface area contributed by atoms with Crippen molar-refractivity contribution in [2.75, 3.05) is 26.9 Å². The molecule has 0 fully saturated rings. The van der Waals surface area contributed by atoms with Crippen molar-refractivity contribution in [3.05, 3.63) is 65.4 Å². The molecule has 0 spiro atoms. The smallest absolute Gasteiger partial charge is 0.273 e. The topological polar surface area (TPSA) is 87.7 Å². The lowest BCUT2D eigenvalue weighted by atomic mass is 9.95. The molecule has 1 aliphatic heterocycles. The minimum absolute atomic E-state index is 0.0986. The molecule has 0 saturated carbocycles. The number of unbranched alkanes of at least 4 members (excludes halogenated alkanes) is 1. The molecular formula is C25H29N3O4. The van der Waals surface area contributed by atoms with Crippen LogP contribution in [-0.2, 0) is 4.74 Å². The highest BCUT2D eigenvalue weighted by molar-refractivity contribution is 6.00. The first kappa shape index (κ1) is 21.9. The first-order chi connectivity index (χ1) is 15.7. The summed E-state index contributed by atoms with van der Waals surface area (Å²) >= 11 is 0. The first-order valence-electron chi connectivity index (χ1n) is 11.0. The van der Waals surface area contributed by atoms with Crippen LogP contribution < -0.4 is 4.74 Å². The van der Waals surface area contributed by atoms with Crippen LogP contribution in [0.2, 0.25) is 0 Å². The minimum Gasteiger partial charge on any atom is -0.507 e. The van der Waals surface area contributed by atoms with Crippen LogP contribution in [0.25, 0.3) is 11.3 Å². The number of aromatic nitrogens is 2. The van der Waals surface area contributed by atoms with E-state index >= 15 is 0 Å². The number of aromatic hydroxyl groups is 1. The molecule has 1 amide bonds. The summed E-state index contributed by atoms with van der Waals surface area (Å²) in [6.45, 7) is 3.94. The highest BCUT2D eigenvalue weighted by atomic mass is 16.5. The predicted octanol–water partition coefficient (Wildman–Crippen LogP) is 4.54. The Kier molecular flexibility index (Phi) is 6.75. The van der Waals surface area contributed by atoms with Gasteiger partial charge >= 0.3 is 0 Å². The number of methoxy groups -OCH3 is 1. The number of para-hydroxylation sites is 1. The highest BCUT2D eigenvalue weighted by Crippen LogP contribution is 2.44. The largest absolute Gasteiger partial charge is 0.507 e. The molecule has 7 heteroatoms. The second-order valence-electron chi connectivity index (χ2n) is 7.90. The van der Waals surface area contributed by atoms with Gasteiger partial charge in [0, 0.05) is 31.4 Å². The summed E-state index contributed by atoms with van der Waals surface area (Å²) in [5, 5.41) is 17.8. The Labute approximate surface area is 188 Å². The standard InChI is InChI=1S/C25H29N3O4/c1-3-4-16-32-18-12-10-17(11-13-18)24-21-22(19-8-5-6-9-20(19)29)26-27-23(21)25(30)28(24)14-7-15-31-2/h5-6,8-13,24,29H,3-4,7,14-16H2,1-2H3,(H,26,27). The van der Waals surface area contributed by atoms with Gasteiger partial charge in [-0.25, -0.2) is 0 Å². The second kappa shape index (κ2) is 9.87. The van der Waals surface area contributed by atoms with E-state index in [0.29, 0.717) is 36.7 Å². The Hall–Kier alpha value is -3.32. The van der Waals surface area contributed by atoms with Gasteiger partial charge in [0.2, 0.25) is 0 Å². The number of phenols is 1. The van der Waals surface area contributed by atoms with Crippen LogP contribution in [0, 0.1) is 0 Å². The van der Waals surface area contributed by atoms with E-state index in [1.54, 1.807) is 19.2 Å². The number of H-pyrrole nitrogens is 1. The number of amides is 1. The zero-order chi connectivity index (χ0) is 22.5. The van der Waals surface area contributed by atoms with Gasteiger partial charge in [0.25, 0.3) is 5.91 Å². The normalized spacial score (nSPS) is 15.2. The predicted molar refractivity (Wildman–Crippen MR) is 122 cm³/mol. The number of fused-ring (bicyclic) bond motifs is 1. The molecule has 2 aromatic carbocycles. The van der Waals surface area contributed by atoms with Gasteiger partial charge in [-0.2, -0.15) is 5.10 Å². The van der Waals surface area contributed by atoms with E-state index < -0.39 is 0 Å². The van der Waals surface area contributed by atoms with Crippen LogP contribution in [0.5, 0.6) is 11.5 Å². The Morgan fingerprint density at radius 3 is 2.59 bits per heavy atom. The molecule has 1 unspecified atom stereocenters. The Morgan fingerprint density at radius 2 is 1.88 bits per heavy atom. The van der Waals surface area contributed by atoms with Crippen molar-refractivity contribution >= 4 is 5.91 Å². The minimum atomic E-state index is -0.313. The molecule has 0 aliphatic carbocycles. The fourth-order valence-corrected chi connectivity index (χ4v) is 4.11. The van der Waals surface area contributed by atoms with Crippen molar-refractivity contribution in [1.82, 2.24) is 15.1 Å². The Bertz CT molecular complexity index is 1060. The van der Waals surface area contributed by atoms with Gasteiger partial charge in [-0.3, -0.25) is 9.89 Å². The molecular weight excluding hydrogens is 406 g/mol. The number of ether oxygens (including phenoxy) is 2. The number of hydrogen-bond acceptors (Lipinski definition) is 5. The fraction of sp³-hybridized carbons (Fsp3) is 0.360. The zero-order valence-corrected chi connectivity index (χ0v) is 18.5. The van der Waals surface area contributed by atoms with Crippen molar-refractivity contribution in [3.8, 4) is 22.8 Å². The maximum atomic E-state index is 13.3. The number of nitrogens with zero attached hydrogens (tertiary/aromatic N) is 2. The van der Waals surface area contributed by atoms with E-state index in [4.69, 9.17) is 9.47 Å². The number of aromatic amines is 1. The van der Waals surface area contributed by atoms with Gasteiger partial charge in [0.1, 0.15) is 22.9 Å². The monoisotopic (exact) mass is 435 g/mol. The zero-order valence-electron chi connectivity index (χ0n) is 18.5. The highest BCUT2D eigenvalue weighted by Gasteiger charge is 2.42. The maximum absolute atomic E-state index is 13.3. The van der Waals surface area contributed by atoms with Crippen LogP contribution in [-0.4, -0.2) is 53.0 Å². The second-order valence-corrected chi connectivity index (χ2v) is 7.90. The summed E-state index contributed by atoms with van der Waals surface area (Å²) in [6, 6.07) is 14.6. The molecule has 7 nitrogen and oxygen atoms in total. The average molecular weight is 436 g/mol. The number of nitrogens with one attached hydrogen (secondary N) is 1. The van der Waals surface area contributed by atoms with E-state index in [9.17, 15) is 9.90 Å². The number of benzene rings is 2. The Balaban J connectivity index is 1.72. The summed E-state index contributed by atoms with van der Waals surface area (Å²) in [4.78, 5) is 15.1. The summed E-state index contributed by atoms with van der Waals surface area (Å²) in [7, 11) is 1.66. The molecule has 3 aromatic rings. The van der Waals surface area contributed by atoms with Gasteiger partial charge in [-0.15, -0.1) is 0 Å². The number of rotatable bonds is 10. The molecule has 0 bridgehead atoms. The third kappa shape index (κ3) is 4.21. The molecule has 0 saturated heterocycles. The van der Waals surface area contributed by atoms with Crippen molar-refractivity contribution in [1.29, 1.82) is 0 Å². The first-order valence-corrected chi connectivity index (χ1v) is 11.0. The summed E-state index contributed by atoms with van der Waals surface area (Å²) in [5.74, 6) is 0.842. The van der Waals surface area contributed by atoms with E-state index in [0.717, 1.165) is 36.1 Å². The van der Waals surface area contributed by atoms with Crippen LogP contribution in [0.1, 0.15) is 53.8 Å². The fourth-order valence-electron chi connectivity index (χ4n) is 4.11. The van der Waals surface area contributed by atoms with Crippen LogP contribution in [0.15, 0.2) is 48.5 Å². The maximum Gasteiger partial charge on any atom is 0.273 e. The van der Waals surface area contributed by atoms with Gasteiger partial charge in [-0.05, 0) is 42.7 Å². The van der Waals surface area contributed by atoms with Crippen molar-refractivity contribution < 1.29 is 19.4 Å². The van der Waals surface area contributed by atoms with Crippen molar-refractivity contribution in [3.63, 3.8) is 0 Å². The lowest BCUT2D eigenvalue weighted by Gasteiger charge is -2.26. The van der Waals surface area contributed by atoms with Crippen LogP contribution in [0.4, 0.5) is 0 Å². The summed E-state index contributed by atoms with van der Waals surface area (Å²) in [6.07, 6.45) is 2.81. The molecule has 4 rings (SSSR count). The SMILES string of the molecule is CCCCOc1ccc(C2c3c(-c4ccccc4O)n[nH]c3C(=O)N2CCCOC)cc1. The molecule has 2 N–H and O–H groups in total. The van der Waals surface area contributed by atoms with Crippen molar-refractivity contribution in [2.45, 2.75) is 32.2 Å². The quantitative estimate of drug-likeness (QED) is 0.457. The van der Waals surface area contributed by atoms with Gasteiger partial charge in [0.05, 0.1) is 12.6 Å². The van der Waals surface area contributed by atoms with E-state index in [1.807, 2.05) is 41.3 Å². The van der Waals surface area contributed by atoms with E-state index in [2.05, 4.69) is 17.1 Å². The lowest BCUT2D eigenvalue weighted by Crippen LogP contribution is -2.31. The van der Waals surface area contributed by atoms with E-state index in [-0.39, 0.29) is 17.7 Å². The van der Waals surface area contributed by atoms with Crippen LogP contribution in [0.3, 0.4) is 0 Å². The molecule has 2 heterocycles. The van der Waals surface area contributed by atoms with Crippen LogP contribution >= 0.6 is 0 Å². The molecule has 1 aromatic heterocycles. The third-order valence-electron chi connectivity index (χ3n) is 5.73.